The van der Waals surface area contributed by atoms with Crippen molar-refractivity contribution >= 4 is 5.82 Å². The van der Waals surface area contributed by atoms with Crippen molar-refractivity contribution in [2.24, 2.45) is 0 Å². The summed E-state index contributed by atoms with van der Waals surface area (Å²) < 4.78 is 16.3. The average Bonchev–Trinajstić information content (AvgIpc) is 2.99. The van der Waals surface area contributed by atoms with Gasteiger partial charge in [-0.1, -0.05) is 13.0 Å². The molecular formula is C15H17N3O3. The molecular weight excluding hydrogens is 270 g/mol. The lowest BCUT2D eigenvalue weighted by Gasteiger charge is -2.08. The maximum Gasteiger partial charge on any atom is 0.234 e. The lowest BCUT2D eigenvalue weighted by molar-refractivity contribution is 0.174. The number of ether oxygens (including phenoxy) is 3. The van der Waals surface area contributed by atoms with Crippen LogP contribution in [0.1, 0.15) is 18.9 Å². The maximum atomic E-state index is 5.66. The van der Waals surface area contributed by atoms with E-state index in [4.69, 9.17) is 14.2 Å². The molecule has 1 N–H and O–H groups in total. The minimum atomic E-state index is 0.274. The summed E-state index contributed by atoms with van der Waals surface area (Å²) >= 11 is 0. The molecule has 6 heteroatoms. The van der Waals surface area contributed by atoms with Crippen LogP contribution in [0, 0.1) is 0 Å². The Morgan fingerprint density at radius 3 is 3.05 bits per heavy atom. The zero-order valence-electron chi connectivity index (χ0n) is 11.8. The van der Waals surface area contributed by atoms with Crippen LogP contribution in [0.2, 0.25) is 0 Å². The van der Waals surface area contributed by atoms with Crippen LogP contribution in [-0.2, 0) is 6.61 Å². The molecule has 0 fully saturated rings. The average molecular weight is 287 g/mol. The molecule has 0 amide bonds. The van der Waals surface area contributed by atoms with Gasteiger partial charge in [0.25, 0.3) is 0 Å². The third kappa shape index (κ3) is 3.34. The van der Waals surface area contributed by atoms with Gasteiger partial charge in [-0.25, -0.2) is 0 Å². The van der Waals surface area contributed by atoms with E-state index in [0.29, 0.717) is 12.5 Å². The molecule has 6 nitrogen and oxygen atoms in total. The fourth-order valence-electron chi connectivity index (χ4n) is 1.94. The van der Waals surface area contributed by atoms with Crippen molar-refractivity contribution in [1.29, 1.82) is 0 Å². The second-order valence-corrected chi connectivity index (χ2v) is 4.65. The largest absolute Gasteiger partial charge is 0.472 e. The lowest BCUT2D eigenvalue weighted by atomic mass is 10.2. The Morgan fingerprint density at radius 2 is 2.14 bits per heavy atom. The molecule has 0 unspecified atom stereocenters. The van der Waals surface area contributed by atoms with E-state index in [0.717, 1.165) is 35.8 Å². The highest BCUT2D eigenvalue weighted by molar-refractivity contribution is 5.44. The molecule has 0 radical (unpaired) electrons. The van der Waals surface area contributed by atoms with Gasteiger partial charge in [0, 0.05) is 6.54 Å². The molecule has 2 heterocycles. The second kappa shape index (κ2) is 6.30. The standard InChI is InChI=1S/C15H17N3O3/c1-2-5-17-14-7-16-8-15(18-14)19-9-11-3-4-12-13(6-11)21-10-20-12/h3-4,6-8H,2,5,9-10H2,1H3,(H,17,18). The van der Waals surface area contributed by atoms with E-state index in [9.17, 15) is 0 Å². The molecule has 1 aliphatic heterocycles. The van der Waals surface area contributed by atoms with Gasteiger partial charge in [0.05, 0.1) is 12.4 Å². The van der Waals surface area contributed by atoms with Crippen LogP contribution in [-0.4, -0.2) is 23.3 Å². The molecule has 2 aromatic rings. The first-order valence-electron chi connectivity index (χ1n) is 6.92. The Labute approximate surface area is 123 Å². The van der Waals surface area contributed by atoms with E-state index in [-0.39, 0.29) is 6.79 Å². The minimum absolute atomic E-state index is 0.274. The van der Waals surface area contributed by atoms with Crippen LogP contribution in [0.15, 0.2) is 30.6 Å². The highest BCUT2D eigenvalue weighted by Gasteiger charge is 2.13. The Balaban J connectivity index is 1.62. The van der Waals surface area contributed by atoms with Crippen molar-refractivity contribution in [2.45, 2.75) is 20.0 Å². The van der Waals surface area contributed by atoms with E-state index in [1.54, 1.807) is 12.4 Å². The molecule has 0 atom stereocenters. The Kier molecular flexibility index (Phi) is 4.04. The van der Waals surface area contributed by atoms with Crippen molar-refractivity contribution in [2.75, 3.05) is 18.7 Å². The third-order valence-corrected chi connectivity index (χ3v) is 2.99. The van der Waals surface area contributed by atoms with Crippen LogP contribution in [0.3, 0.4) is 0 Å². The fraction of sp³-hybridized carbons (Fsp3) is 0.333. The van der Waals surface area contributed by atoms with Crippen LogP contribution in [0.5, 0.6) is 17.4 Å². The van der Waals surface area contributed by atoms with Crippen molar-refractivity contribution in [3.05, 3.63) is 36.2 Å². The van der Waals surface area contributed by atoms with Gasteiger partial charge in [-0.2, -0.15) is 4.98 Å². The first-order valence-corrected chi connectivity index (χ1v) is 6.92. The van der Waals surface area contributed by atoms with Gasteiger partial charge in [0.1, 0.15) is 12.4 Å². The number of rotatable bonds is 6. The molecule has 21 heavy (non-hydrogen) atoms. The van der Waals surface area contributed by atoms with E-state index in [2.05, 4.69) is 22.2 Å². The summed E-state index contributed by atoms with van der Waals surface area (Å²) in [5.41, 5.74) is 0.993. The number of benzene rings is 1. The SMILES string of the molecule is CCCNc1cncc(OCc2ccc3c(c2)OCO3)n1. The summed E-state index contributed by atoms with van der Waals surface area (Å²) in [4.78, 5) is 8.46. The second-order valence-electron chi connectivity index (χ2n) is 4.65. The molecule has 1 aliphatic rings. The first-order chi connectivity index (χ1) is 10.3. The van der Waals surface area contributed by atoms with E-state index < -0.39 is 0 Å². The predicted octanol–water partition coefficient (Wildman–Crippen LogP) is 2.61. The van der Waals surface area contributed by atoms with Crippen molar-refractivity contribution in [1.82, 2.24) is 9.97 Å². The van der Waals surface area contributed by atoms with Crippen LogP contribution >= 0.6 is 0 Å². The zero-order chi connectivity index (χ0) is 14.5. The van der Waals surface area contributed by atoms with Crippen LogP contribution in [0.25, 0.3) is 0 Å². The molecule has 0 aliphatic carbocycles. The summed E-state index contributed by atoms with van der Waals surface area (Å²) in [7, 11) is 0. The molecule has 3 rings (SSSR count). The van der Waals surface area contributed by atoms with Gasteiger partial charge in [0.2, 0.25) is 12.7 Å². The number of nitrogens with zero attached hydrogens (tertiary/aromatic N) is 2. The number of anilines is 1. The number of hydrogen-bond acceptors (Lipinski definition) is 6. The number of hydrogen-bond donors (Lipinski definition) is 1. The first kappa shape index (κ1) is 13.5. The van der Waals surface area contributed by atoms with Crippen molar-refractivity contribution < 1.29 is 14.2 Å². The maximum absolute atomic E-state index is 5.66. The zero-order valence-corrected chi connectivity index (χ0v) is 11.8. The molecule has 0 saturated heterocycles. The van der Waals surface area contributed by atoms with Crippen molar-refractivity contribution in [3.63, 3.8) is 0 Å². The topological polar surface area (TPSA) is 65.5 Å². The van der Waals surface area contributed by atoms with Crippen LogP contribution < -0.4 is 19.5 Å². The van der Waals surface area contributed by atoms with E-state index >= 15 is 0 Å². The number of nitrogens with one attached hydrogen (secondary N) is 1. The number of fused-ring (bicyclic) bond motifs is 1. The van der Waals surface area contributed by atoms with Gasteiger partial charge in [-0.15, -0.1) is 0 Å². The monoisotopic (exact) mass is 287 g/mol. The number of aromatic nitrogens is 2. The Bertz CT molecular complexity index is 619. The third-order valence-electron chi connectivity index (χ3n) is 2.99. The molecule has 110 valence electrons. The molecule has 0 saturated carbocycles. The van der Waals surface area contributed by atoms with Gasteiger partial charge < -0.3 is 19.5 Å². The van der Waals surface area contributed by atoms with Crippen LogP contribution in [0.4, 0.5) is 5.82 Å². The summed E-state index contributed by atoms with van der Waals surface area (Å²) in [6.45, 7) is 3.64. The van der Waals surface area contributed by atoms with E-state index in [1.165, 1.54) is 0 Å². The summed E-state index contributed by atoms with van der Waals surface area (Å²) in [5.74, 6) is 2.73. The molecule has 0 bridgehead atoms. The fourth-order valence-corrected chi connectivity index (χ4v) is 1.94. The lowest BCUT2D eigenvalue weighted by Crippen LogP contribution is -2.04. The summed E-state index contributed by atoms with van der Waals surface area (Å²) in [6, 6.07) is 5.74. The molecule has 1 aromatic heterocycles. The van der Waals surface area contributed by atoms with Gasteiger partial charge in [-0.05, 0) is 24.1 Å². The van der Waals surface area contributed by atoms with Gasteiger partial charge >= 0.3 is 0 Å². The predicted molar refractivity (Wildman–Crippen MR) is 77.7 cm³/mol. The summed E-state index contributed by atoms with van der Waals surface area (Å²) in [6.07, 6.45) is 4.32. The minimum Gasteiger partial charge on any atom is -0.472 e. The summed E-state index contributed by atoms with van der Waals surface area (Å²) in [5, 5.41) is 3.18. The quantitative estimate of drug-likeness (QED) is 0.881. The van der Waals surface area contributed by atoms with E-state index in [1.807, 2.05) is 18.2 Å². The Morgan fingerprint density at radius 1 is 1.24 bits per heavy atom. The van der Waals surface area contributed by atoms with Gasteiger partial charge in [0.15, 0.2) is 11.5 Å². The highest BCUT2D eigenvalue weighted by atomic mass is 16.7. The van der Waals surface area contributed by atoms with Gasteiger partial charge in [-0.3, -0.25) is 4.98 Å². The highest BCUT2D eigenvalue weighted by Crippen LogP contribution is 2.32. The smallest absolute Gasteiger partial charge is 0.234 e. The normalized spacial score (nSPS) is 12.2. The van der Waals surface area contributed by atoms with Crippen molar-refractivity contribution in [3.8, 4) is 17.4 Å². The molecule has 1 aromatic carbocycles. The Hall–Kier alpha value is -2.50. The molecule has 0 spiro atoms.